The van der Waals surface area contributed by atoms with Gasteiger partial charge in [-0.05, 0) is 69.1 Å². The molecule has 2 aliphatic rings. The summed E-state index contributed by atoms with van der Waals surface area (Å²) < 4.78 is 0. The first-order valence-corrected chi connectivity index (χ1v) is 9.67. The van der Waals surface area contributed by atoms with Gasteiger partial charge in [-0.3, -0.25) is 4.79 Å². The van der Waals surface area contributed by atoms with E-state index in [0.717, 1.165) is 31.6 Å². The third kappa shape index (κ3) is 6.04. The Balaban J connectivity index is 1.82. The van der Waals surface area contributed by atoms with Crippen molar-refractivity contribution < 1.29 is 15.0 Å². The van der Waals surface area contributed by atoms with Gasteiger partial charge in [0.05, 0.1) is 6.10 Å². The molecule has 1 unspecified atom stereocenters. The van der Waals surface area contributed by atoms with E-state index in [0.29, 0.717) is 11.8 Å². The van der Waals surface area contributed by atoms with Crippen LogP contribution in [0.25, 0.3) is 0 Å². The van der Waals surface area contributed by atoms with E-state index in [1.54, 1.807) is 0 Å². The van der Waals surface area contributed by atoms with Gasteiger partial charge in [0, 0.05) is 12.8 Å². The van der Waals surface area contributed by atoms with Crippen molar-refractivity contribution in [3.05, 3.63) is 23.8 Å². The minimum absolute atomic E-state index is 0.175. The summed E-state index contributed by atoms with van der Waals surface area (Å²) in [4.78, 5) is 10.6. The van der Waals surface area contributed by atoms with Crippen LogP contribution in [0.5, 0.6) is 0 Å². The van der Waals surface area contributed by atoms with Crippen LogP contribution in [0, 0.1) is 35.5 Å². The number of carboxylic acids is 1. The second-order valence-electron chi connectivity index (χ2n) is 7.71. The second-order valence-corrected chi connectivity index (χ2v) is 7.71. The number of aliphatic hydroxyl groups is 1. The molecule has 25 heavy (non-hydrogen) atoms. The molecule has 0 aliphatic heterocycles. The highest BCUT2D eigenvalue weighted by Crippen LogP contribution is 2.50. The van der Waals surface area contributed by atoms with Crippen LogP contribution in [0.1, 0.15) is 65.2 Å². The average Bonchev–Trinajstić information content (AvgIpc) is 3.14. The van der Waals surface area contributed by atoms with E-state index in [2.05, 4.69) is 24.0 Å². The van der Waals surface area contributed by atoms with E-state index in [9.17, 15) is 9.90 Å². The molecule has 5 atom stereocenters. The Labute approximate surface area is 152 Å². The smallest absolute Gasteiger partial charge is 0.303 e. The number of allylic oxidation sites excluding steroid dienone is 3. The van der Waals surface area contributed by atoms with Crippen LogP contribution in [0.2, 0.25) is 0 Å². The van der Waals surface area contributed by atoms with Gasteiger partial charge in [-0.2, -0.15) is 0 Å². The summed E-state index contributed by atoms with van der Waals surface area (Å²) in [5.74, 6) is 7.47. The average molecular weight is 344 g/mol. The van der Waals surface area contributed by atoms with Gasteiger partial charge in [0.15, 0.2) is 0 Å². The lowest BCUT2D eigenvalue weighted by atomic mass is 9.90. The van der Waals surface area contributed by atoms with Crippen molar-refractivity contribution in [2.24, 2.45) is 23.7 Å². The molecule has 2 aliphatic carbocycles. The summed E-state index contributed by atoms with van der Waals surface area (Å²) in [6.45, 7) is 3.88. The molecule has 0 bridgehead atoms. The predicted molar refractivity (Wildman–Crippen MR) is 101 cm³/mol. The number of carbonyl (C=O) groups is 1. The van der Waals surface area contributed by atoms with E-state index < -0.39 is 12.1 Å². The summed E-state index contributed by atoms with van der Waals surface area (Å²) in [6, 6.07) is 0. The molecule has 0 aromatic rings. The molecule has 0 radical (unpaired) electrons. The van der Waals surface area contributed by atoms with Crippen LogP contribution in [-0.2, 0) is 4.79 Å². The standard InChI is InChI=1S/C22H32O3/c1-3-4-7-16(2)21(23)13-12-18-10-11-19-14-17(15-20(18)19)8-5-6-9-22(24)25/h8,12-13,16,18-21,23H,5-7,9-11,14-15H2,1-2H3,(H,24,25)/b13-12+,17-8+/t16-,18+,19?,20+,21+/m0/s1. The molecule has 2 fully saturated rings. The maximum atomic E-state index is 10.6. The van der Waals surface area contributed by atoms with Gasteiger partial charge >= 0.3 is 5.97 Å². The molecular weight excluding hydrogens is 312 g/mol. The van der Waals surface area contributed by atoms with E-state index >= 15 is 0 Å². The topological polar surface area (TPSA) is 57.5 Å². The summed E-state index contributed by atoms with van der Waals surface area (Å²) in [7, 11) is 0. The predicted octanol–water partition coefficient (Wildman–Crippen LogP) is 4.57. The number of aliphatic carboxylic acids is 1. The number of unbranched alkanes of at least 4 members (excludes halogenated alkanes) is 1. The molecule has 0 spiro atoms. The van der Waals surface area contributed by atoms with Gasteiger partial charge in [0.25, 0.3) is 0 Å². The Morgan fingerprint density at radius 1 is 1.36 bits per heavy atom. The maximum absolute atomic E-state index is 10.6. The van der Waals surface area contributed by atoms with E-state index in [1.165, 1.54) is 24.8 Å². The Morgan fingerprint density at radius 2 is 2.16 bits per heavy atom. The zero-order valence-electron chi connectivity index (χ0n) is 15.6. The number of aliphatic hydroxyl groups excluding tert-OH is 1. The Hall–Kier alpha value is -1.53. The summed E-state index contributed by atoms with van der Waals surface area (Å²) in [6.07, 6.45) is 13.6. The second kappa shape index (κ2) is 9.82. The largest absolute Gasteiger partial charge is 0.481 e. The zero-order valence-corrected chi connectivity index (χ0v) is 15.6. The van der Waals surface area contributed by atoms with Crippen LogP contribution in [0.4, 0.5) is 0 Å². The lowest BCUT2D eigenvalue weighted by molar-refractivity contribution is -0.137. The fraction of sp³-hybridized carbons (Fsp3) is 0.682. The van der Waals surface area contributed by atoms with Gasteiger partial charge in [0.1, 0.15) is 0 Å². The van der Waals surface area contributed by atoms with Gasteiger partial charge in [0.2, 0.25) is 0 Å². The third-order valence-corrected chi connectivity index (χ3v) is 5.82. The minimum atomic E-state index is -0.704. The number of hydrogen-bond donors (Lipinski definition) is 2. The minimum Gasteiger partial charge on any atom is -0.481 e. The van der Waals surface area contributed by atoms with E-state index in [-0.39, 0.29) is 12.3 Å². The fourth-order valence-electron chi connectivity index (χ4n) is 4.27. The summed E-state index contributed by atoms with van der Waals surface area (Å²) in [5, 5.41) is 19.0. The number of carboxylic acid groups (broad SMARTS) is 1. The quantitative estimate of drug-likeness (QED) is 0.385. The lowest BCUT2D eigenvalue weighted by Crippen LogP contribution is -2.15. The van der Waals surface area contributed by atoms with Crippen molar-refractivity contribution in [1.29, 1.82) is 0 Å². The highest BCUT2D eigenvalue weighted by atomic mass is 16.4. The molecule has 0 amide bonds. The Bertz CT molecular complexity index is 564. The van der Waals surface area contributed by atoms with Crippen molar-refractivity contribution in [1.82, 2.24) is 0 Å². The zero-order chi connectivity index (χ0) is 18.2. The van der Waals surface area contributed by atoms with Crippen LogP contribution < -0.4 is 0 Å². The van der Waals surface area contributed by atoms with Gasteiger partial charge in [-0.15, -0.1) is 11.8 Å². The Kier molecular flexibility index (Phi) is 7.78. The molecule has 3 heteroatoms. The molecular formula is C22H32O3. The number of rotatable bonds is 8. The van der Waals surface area contributed by atoms with Crippen LogP contribution in [0.15, 0.2) is 23.8 Å². The molecule has 3 nitrogen and oxygen atoms in total. The van der Waals surface area contributed by atoms with Crippen molar-refractivity contribution >= 4 is 5.97 Å². The highest BCUT2D eigenvalue weighted by Gasteiger charge is 2.39. The highest BCUT2D eigenvalue weighted by molar-refractivity contribution is 5.66. The molecule has 0 aromatic heterocycles. The fourth-order valence-corrected chi connectivity index (χ4v) is 4.27. The Morgan fingerprint density at radius 3 is 2.88 bits per heavy atom. The monoisotopic (exact) mass is 344 g/mol. The van der Waals surface area contributed by atoms with Gasteiger partial charge in [-0.1, -0.05) is 30.7 Å². The molecule has 2 N–H and O–H groups in total. The van der Waals surface area contributed by atoms with E-state index in [1.807, 2.05) is 19.9 Å². The molecule has 0 heterocycles. The van der Waals surface area contributed by atoms with E-state index in [4.69, 9.17) is 5.11 Å². The molecule has 0 saturated heterocycles. The van der Waals surface area contributed by atoms with Crippen molar-refractivity contribution in [3.63, 3.8) is 0 Å². The van der Waals surface area contributed by atoms with Crippen LogP contribution in [-0.4, -0.2) is 22.3 Å². The first-order chi connectivity index (χ1) is 12.0. The summed E-state index contributed by atoms with van der Waals surface area (Å²) >= 11 is 0. The first kappa shape index (κ1) is 19.8. The van der Waals surface area contributed by atoms with Crippen LogP contribution in [0.3, 0.4) is 0 Å². The maximum Gasteiger partial charge on any atom is 0.303 e. The first-order valence-electron chi connectivity index (χ1n) is 9.67. The molecule has 2 rings (SSSR count). The third-order valence-electron chi connectivity index (χ3n) is 5.82. The number of hydrogen-bond acceptors (Lipinski definition) is 2. The lowest BCUT2D eigenvalue weighted by Gasteiger charge is -2.17. The van der Waals surface area contributed by atoms with Gasteiger partial charge < -0.3 is 10.2 Å². The number of fused-ring (bicyclic) bond motifs is 1. The normalized spacial score (nSPS) is 29.4. The van der Waals surface area contributed by atoms with Crippen molar-refractivity contribution in [2.75, 3.05) is 0 Å². The van der Waals surface area contributed by atoms with Crippen molar-refractivity contribution in [3.8, 4) is 11.8 Å². The van der Waals surface area contributed by atoms with Crippen molar-refractivity contribution in [2.45, 2.75) is 71.3 Å². The SMILES string of the molecule is CC#CC[C@H](C)[C@H](O)/C=C/[C@H]1CCC2C/C(=C\CCCC(=O)O)C[C@@H]21. The molecule has 2 saturated carbocycles. The van der Waals surface area contributed by atoms with Gasteiger partial charge in [-0.25, -0.2) is 0 Å². The molecule has 138 valence electrons. The molecule has 0 aromatic carbocycles. The summed E-state index contributed by atoms with van der Waals surface area (Å²) in [5.41, 5.74) is 1.52. The van der Waals surface area contributed by atoms with Crippen LogP contribution >= 0.6 is 0 Å².